The highest BCUT2D eigenvalue weighted by atomic mass is 19.1. The van der Waals surface area contributed by atoms with Gasteiger partial charge in [0.15, 0.2) is 12.4 Å². The third kappa shape index (κ3) is 4.94. The SMILES string of the molecule is O=C(COc1ccccc1[N+](=O)[O-])N(Cc1ccc(F)cc1)Cc1ccco1. The van der Waals surface area contributed by atoms with E-state index in [0.29, 0.717) is 5.76 Å². The lowest BCUT2D eigenvalue weighted by atomic mass is 10.2. The van der Waals surface area contributed by atoms with Crippen molar-refractivity contribution in [3.8, 4) is 5.75 Å². The van der Waals surface area contributed by atoms with Gasteiger partial charge in [0.2, 0.25) is 0 Å². The highest BCUT2D eigenvalue weighted by Crippen LogP contribution is 2.25. The molecule has 0 spiro atoms. The fourth-order valence-corrected chi connectivity index (χ4v) is 2.59. The highest BCUT2D eigenvalue weighted by molar-refractivity contribution is 5.78. The number of nitrogens with zero attached hydrogens (tertiary/aromatic N) is 2. The van der Waals surface area contributed by atoms with Gasteiger partial charge in [-0.3, -0.25) is 14.9 Å². The number of halogens is 1. The molecule has 0 aliphatic carbocycles. The van der Waals surface area contributed by atoms with Gasteiger partial charge in [-0.2, -0.15) is 0 Å². The van der Waals surface area contributed by atoms with Crippen molar-refractivity contribution >= 4 is 11.6 Å². The summed E-state index contributed by atoms with van der Waals surface area (Å²) in [6, 6.07) is 15.1. The fraction of sp³-hybridized carbons (Fsp3) is 0.150. The maximum Gasteiger partial charge on any atom is 0.310 e. The largest absolute Gasteiger partial charge is 0.477 e. The third-order valence-corrected chi connectivity index (χ3v) is 3.98. The summed E-state index contributed by atoms with van der Waals surface area (Å²) < 4.78 is 23.8. The lowest BCUT2D eigenvalue weighted by Crippen LogP contribution is -2.34. The monoisotopic (exact) mass is 384 g/mol. The number of carbonyl (C=O) groups is 1. The molecule has 0 unspecified atom stereocenters. The summed E-state index contributed by atoms with van der Waals surface area (Å²) in [4.78, 5) is 24.7. The van der Waals surface area contributed by atoms with Gasteiger partial charge in [-0.1, -0.05) is 24.3 Å². The van der Waals surface area contributed by atoms with E-state index in [1.165, 1.54) is 41.5 Å². The molecule has 0 radical (unpaired) electrons. The Balaban J connectivity index is 1.72. The molecule has 28 heavy (non-hydrogen) atoms. The molecule has 3 rings (SSSR count). The molecule has 0 aliphatic rings. The molecule has 7 nitrogen and oxygen atoms in total. The summed E-state index contributed by atoms with van der Waals surface area (Å²) in [5, 5.41) is 11.1. The van der Waals surface area contributed by atoms with Crippen LogP contribution in [-0.4, -0.2) is 22.3 Å². The highest BCUT2D eigenvalue weighted by Gasteiger charge is 2.19. The molecule has 144 valence electrons. The first kappa shape index (κ1) is 19.1. The minimum absolute atomic E-state index is 0.0144. The zero-order valence-corrected chi connectivity index (χ0v) is 14.8. The van der Waals surface area contributed by atoms with Gasteiger partial charge in [0.25, 0.3) is 5.91 Å². The fourth-order valence-electron chi connectivity index (χ4n) is 2.59. The van der Waals surface area contributed by atoms with Gasteiger partial charge < -0.3 is 14.1 Å². The number of nitro benzene ring substituents is 1. The van der Waals surface area contributed by atoms with Crippen LogP contribution in [-0.2, 0) is 17.9 Å². The van der Waals surface area contributed by atoms with Crippen molar-refractivity contribution in [2.75, 3.05) is 6.61 Å². The van der Waals surface area contributed by atoms with Crippen LogP contribution in [0.25, 0.3) is 0 Å². The van der Waals surface area contributed by atoms with Crippen molar-refractivity contribution in [1.29, 1.82) is 0 Å². The van der Waals surface area contributed by atoms with Gasteiger partial charge in [-0.15, -0.1) is 0 Å². The van der Waals surface area contributed by atoms with Gasteiger partial charge in [0.1, 0.15) is 11.6 Å². The Morgan fingerprint density at radius 1 is 1.07 bits per heavy atom. The summed E-state index contributed by atoms with van der Waals surface area (Å²) in [6.45, 7) is 0.0102. The molecule has 8 heteroatoms. The van der Waals surface area contributed by atoms with Gasteiger partial charge in [-0.25, -0.2) is 4.39 Å². The Morgan fingerprint density at radius 3 is 2.50 bits per heavy atom. The Kier molecular flexibility index (Phi) is 6.01. The summed E-state index contributed by atoms with van der Waals surface area (Å²) in [5.41, 5.74) is 0.512. The summed E-state index contributed by atoms with van der Waals surface area (Å²) in [5.74, 6) is -0.173. The number of hydrogen-bond acceptors (Lipinski definition) is 5. The number of rotatable bonds is 8. The van der Waals surface area contributed by atoms with Crippen LogP contribution >= 0.6 is 0 Å². The van der Waals surface area contributed by atoms with Gasteiger partial charge in [0.05, 0.1) is 17.7 Å². The van der Waals surface area contributed by atoms with Gasteiger partial charge in [-0.05, 0) is 35.9 Å². The minimum Gasteiger partial charge on any atom is -0.477 e. The van der Waals surface area contributed by atoms with Crippen molar-refractivity contribution in [3.63, 3.8) is 0 Å². The molecule has 0 bridgehead atoms. The van der Waals surface area contributed by atoms with Crippen LogP contribution in [0.3, 0.4) is 0 Å². The molecule has 3 aromatic rings. The van der Waals surface area contributed by atoms with E-state index in [1.807, 2.05) is 0 Å². The molecular weight excluding hydrogens is 367 g/mol. The standard InChI is InChI=1S/C20H17FN2O5/c21-16-9-7-15(8-10-16)12-22(13-17-4-3-11-27-17)20(24)14-28-19-6-2-1-5-18(19)23(25)26/h1-11H,12-14H2. The summed E-state index contributed by atoms with van der Waals surface area (Å²) in [7, 11) is 0. The molecular formula is C20H17FN2O5. The first-order valence-corrected chi connectivity index (χ1v) is 8.44. The molecule has 2 aromatic carbocycles. The van der Waals surface area contributed by atoms with E-state index in [4.69, 9.17) is 9.15 Å². The van der Waals surface area contributed by atoms with E-state index < -0.39 is 4.92 Å². The molecule has 0 fully saturated rings. The molecule has 0 saturated carbocycles. The number of furan rings is 1. The topological polar surface area (TPSA) is 85.8 Å². The van der Waals surface area contributed by atoms with Crippen LogP contribution in [0.5, 0.6) is 5.75 Å². The number of carbonyl (C=O) groups excluding carboxylic acids is 1. The molecule has 1 amide bonds. The van der Waals surface area contributed by atoms with Crippen LogP contribution in [0, 0.1) is 15.9 Å². The van der Waals surface area contributed by atoms with Gasteiger partial charge >= 0.3 is 5.69 Å². The van der Waals surface area contributed by atoms with Crippen LogP contribution < -0.4 is 4.74 Å². The van der Waals surface area contributed by atoms with Crippen molar-refractivity contribution in [1.82, 2.24) is 4.90 Å². The molecule has 1 heterocycles. The Hall–Kier alpha value is -3.68. The Labute approximate surface area is 160 Å². The number of nitro groups is 1. The molecule has 0 saturated heterocycles. The zero-order chi connectivity index (χ0) is 19.9. The molecule has 0 atom stereocenters. The number of amides is 1. The Morgan fingerprint density at radius 2 is 1.82 bits per heavy atom. The quantitative estimate of drug-likeness (QED) is 0.434. The van der Waals surface area contributed by atoms with Crippen molar-refractivity contribution in [2.24, 2.45) is 0 Å². The van der Waals surface area contributed by atoms with Crippen LogP contribution in [0.1, 0.15) is 11.3 Å². The average molecular weight is 384 g/mol. The minimum atomic E-state index is -0.570. The first-order chi connectivity index (χ1) is 13.5. The van der Waals surface area contributed by atoms with Crippen molar-refractivity contribution < 1.29 is 23.3 Å². The van der Waals surface area contributed by atoms with E-state index in [2.05, 4.69) is 0 Å². The zero-order valence-electron chi connectivity index (χ0n) is 14.8. The predicted octanol–water partition coefficient (Wildman–Crippen LogP) is 3.93. The van der Waals surface area contributed by atoms with Crippen molar-refractivity contribution in [2.45, 2.75) is 13.1 Å². The van der Waals surface area contributed by atoms with E-state index >= 15 is 0 Å². The third-order valence-electron chi connectivity index (χ3n) is 3.98. The second kappa shape index (κ2) is 8.81. The second-order valence-corrected chi connectivity index (χ2v) is 5.97. The first-order valence-electron chi connectivity index (χ1n) is 8.44. The van der Waals surface area contributed by atoms with Crippen LogP contribution in [0.4, 0.5) is 10.1 Å². The maximum atomic E-state index is 13.1. The second-order valence-electron chi connectivity index (χ2n) is 5.97. The van der Waals surface area contributed by atoms with E-state index in [1.54, 1.807) is 30.3 Å². The molecule has 1 aromatic heterocycles. The Bertz CT molecular complexity index is 941. The van der Waals surface area contributed by atoms with Gasteiger partial charge in [0, 0.05) is 12.6 Å². The van der Waals surface area contributed by atoms with E-state index in [-0.39, 0.29) is 42.9 Å². The molecule has 0 aliphatic heterocycles. The number of para-hydroxylation sites is 2. The lowest BCUT2D eigenvalue weighted by Gasteiger charge is -2.22. The normalized spacial score (nSPS) is 10.5. The van der Waals surface area contributed by atoms with Crippen molar-refractivity contribution in [3.05, 3.63) is 94.2 Å². The number of hydrogen-bond donors (Lipinski definition) is 0. The van der Waals surface area contributed by atoms with E-state index in [0.717, 1.165) is 5.56 Å². The predicted molar refractivity (Wildman–Crippen MR) is 98.0 cm³/mol. The number of ether oxygens (including phenoxy) is 1. The summed E-state index contributed by atoms with van der Waals surface area (Å²) in [6.07, 6.45) is 1.50. The smallest absolute Gasteiger partial charge is 0.310 e. The van der Waals surface area contributed by atoms with Crippen LogP contribution in [0.15, 0.2) is 71.3 Å². The van der Waals surface area contributed by atoms with Crippen LogP contribution in [0.2, 0.25) is 0 Å². The maximum absolute atomic E-state index is 13.1. The van der Waals surface area contributed by atoms with E-state index in [9.17, 15) is 19.3 Å². The number of benzene rings is 2. The molecule has 0 N–H and O–H groups in total. The lowest BCUT2D eigenvalue weighted by molar-refractivity contribution is -0.385. The summed E-state index contributed by atoms with van der Waals surface area (Å²) >= 11 is 0. The average Bonchev–Trinajstić information content (AvgIpc) is 3.20.